The van der Waals surface area contributed by atoms with E-state index in [0.29, 0.717) is 28.5 Å². The highest BCUT2D eigenvalue weighted by molar-refractivity contribution is 6.36. The number of halogens is 2. The number of nitrogens with zero attached hydrogens (tertiary/aromatic N) is 1. The lowest BCUT2D eigenvalue weighted by Crippen LogP contribution is -1.99. The molecule has 0 amide bonds. The molecular weight excluding hydrogens is 293 g/mol. The number of aromatic nitrogens is 1. The summed E-state index contributed by atoms with van der Waals surface area (Å²) in [6.45, 7) is 6.56. The van der Waals surface area contributed by atoms with Crippen LogP contribution in [0.5, 0.6) is 5.88 Å². The fraction of sp³-hybridized carbons (Fsp3) is 0.312. The van der Waals surface area contributed by atoms with E-state index in [-0.39, 0.29) is 0 Å². The van der Waals surface area contributed by atoms with Crippen molar-refractivity contribution in [2.75, 3.05) is 0 Å². The summed E-state index contributed by atoms with van der Waals surface area (Å²) in [6, 6.07) is 7.70. The predicted octanol–water partition coefficient (Wildman–Crippen LogP) is 5.40. The van der Waals surface area contributed by atoms with Crippen LogP contribution in [0.1, 0.15) is 36.5 Å². The van der Waals surface area contributed by atoms with Gasteiger partial charge in [-0.15, -0.1) is 0 Å². The Labute approximate surface area is 129 Å². The van der Waals surface area contributed by atoms with Crippen LogP contribution in [-0.2, 0) is 6.61 Å². The molecule has 0 unspecified atom stereocenters. The Morgan fingerprint density at radius 1 is 1.15 bits per heavy atom. The van der Waals surface area contributed by atoms with Gasteiger partial charge in [0.05, 0.1) is 0 Å². The van der Waals surface area contributed by atoms with Crippen LogP contribution < -0.4 is 4.74 Å². The molecule has 0 fully saturated rings. The molecule has 20 heavy (non-hydrogen) atoms. The molecule has 0 radical (unpaired) electrons. The average molecular weight is 310 g/mol. The lowest BCUT2D eigenvalue weighted by Gasteiger charge is -2.10. The van der Waals surface area contributed by atoms with Crippen molar-refractivity contribution in [3.8, 4) is 5.88 Å². The molecule has 0 aliphatic heterocycles. The summed E-state index contributed by atoms with van der Waals surface area (Å²) in [5, 5.41) is 1.31. The molecule has 0 bridgehead atoms. The van der Waals surface area contributed by atoms with Crippen molar-refractivity contribution in [3.63, 3.8) is 0 Å². The third kappa shape index (κ3) is 3.65. The number of rotatable bonds is 4. The molecule has 106 valence electrons. The van der Waals surface area contributed by atoms with Crippen molar-refractivity contribution >= 4 is 23.2 Å². The Balaban J connectivity index is 2.11. The standard InChI is InChI=1S/C16H17Cl2NO/c1-10(2)13-4-5-19-16(8-13)20-9-12-6-14(17)11(3)15(18)7-12/h4-8,10H,9H2,1-3H3. The van der Waals surface area contributed by atoms with Gasteiger partial charge < -0.3 is 4.74 Å². The van der Waals surface area contributed by atoms with Crippen LogP contribution in [0.4, 0.5) is 0 Å². The lowest BCUT2D eigenvalue weighted by molar-refractivity contribution is 0.293. The maximum absolute atomic E-state index is 6.11. The van der Waals surface area contributed by atoms with Crippen LogP contribution in [-0.4, -0.2) is 4.98 Å². The fourth-order valence-electron chi connectivity index (χ4n) is 1.80. The third-order valence-electron chi connectivity index (χ3n) is 3.15. The summed E-state index contributed by atoms with van der Waals surface area (Å²) < 4.78 is 5.70. The first kappa shape index (κ1) is 15.1. The summed E-state index contributed by atoms with van der Waals surface area (Å²) >= 11 is 12.2. The third-order valence-corrected chi connectivity index (χ3v) is 3.94. The van der Waals surface area contributed by atoms with Gasteiger partial charge in [0.15, 0.2) is 0 Å². The zero-order chi connectivity index (χ0) is 14.7. The maximum atomic E-state index is 6.11. The van der Waals surface area contributed by atoms with Gasteiger partial charge in [0.25, 0.3) is 0 Å². The van der Waals surface area contributed by atoms with E-state index in [0.717, 1.165) is 11.1 Å². The minimum absolute atomic E-state index is 0.397. The number of benzene rings is 1. The Hall–Kier alpha value is -1.25. The Kier molecular flexibility index (Phi) is 4.90. The van der Waals surface area contributed by atoms with Crippen molar-refractivity contribution in [3.05, 3.63) is 57.2 Å². The van der Waals surface area contributed by atoms with Gasteiger partial charge in [-0.05, 0) is 47.7 Å². The quantitative estimate of drug-likeness (QED) is 0.754. The van der Waals surface area contributed by atoms with E-state index in [9.17, 15) is 0 Å². The van der Waals surface area contributed by atoms with Gasteiger partial charge in [0.2, 0.25) is 5.88 Å². The topological polar surface area (TPSA) is 22.1 Å². The molecule has 2 nitrogen and oxygen atoms in total. The summed E-state index contributed by atoms with van der Waals surface area (Å²) in [5.41, 5.74) is 3.02. The van der Waals surface area contributed by atoms with Crippen LogP contribution >= 0.6 is 23.2 Å². The first-order valence-electron chi connectivity index (χ1n) is 6.50. The molecule has 0 aliphatic rings. The van der Waals surface area contributed by atoms with Crippen LogP contribution in [0.15, 0.2) is 30.5 Å². The van der Waals surface area contributed by atoms with E-state index in [1.165, 1.54) is 5.56 Å². The molecule has 0 spiro atoms. The molecule has 1 heterocycles. The van der Waals surface area contributed by atoms with Crippen molar-refractivity contribution in [1.29, 1.82) is 0 Å². The Morgan fingerprint density at radius 2 is 1.80 bits per heavy atom. The SMILES string of the molecule is Cc1c(Cl)cc(COc2cc(C(C)C)ccn2)cc1Cl. The number of pyridine rings is 1. The number of hydrogen-bond acceptors (Lipinski definition) is 2. The van der Waals surface area contributed by atoms with Gasteiger partial charge in [0.1, 0.15) is 6.61 Å². The molecule has 4 heteroatoms. The van der Waals surface area contributed by atoms with Crippen molar-refractivity contribution in [1.82, 2.24) is 4.98 Å². The zero-order valence-corrected chi connectivity index (χ0v) is 13.3. The van der Waals surface area contributed by atoms with Crippen LogP contribution in [0.25, 0.3) is 0 Å². The molecule has 0 atom stereocenters. The van der Waals surface area contributed by atoms with Crippen LogP contribution in [0.2, 0.25) is 10.0 Å². The smallest absolute Gasteiger partial charge is 0.213 e. The maximum Gasteiger partial charge on any atom is 0.213 e. The van der Waals surface area contributed by atoms with E-state index in [4.69, 9.17) is 27.9 Å². The number of ether oxygens (including phenoxy) is 1. The fourth-order valence-corrected chi connectivity index (χ4v) is 2.33. The predicted molar refractivity (Wildman–Crippen MR) is 83.9 cm³/mol. The lowest BCUT2D eigenvalue weighted by atomic mass is 10.1. The van der Waals surface area contributed by atoms with E-state index >= 15 is 0 Å². The minimum atomic E-state index is 0.397. The highest BCUT2D eigenvalue weighted by Crippen LogP contribution is 2.26. The van der Waals surface area contributed by atoms with E-state index < -0.39 is 0 Å². The first-order valence-corrected chi connectivity index (χ1v) is 7.26. The monoisotopic (exact) mass is 309 g/mol. The van der Waals surface area contributed by atoms with Gasteiger partial charge in [0, 0.05) is 22.3 Å². The summed E-state index contributed by atoms with van der Waals surface area (Å²) in [7, 11) is 0. The van der Waals surface area contributed by atoms with Crippen LogP contribution in [0, 0.1) is 6.92 Å². The average Bonchev–Trinajstić information content (AvgIpc) is 2.42. The summed E-state index contributed by atoms with van der Waals surface area (Å²) in [4.78, 5) is 4.21. The first-order chi connectivity index (χ1) is 9.47. The van der Waals surface area contributed by atoms with Gasteiger partial charge in [-0.25, -0.2) is 4.98 Å². The second-order valence-corrected chi connectivity index (χ2v) is 5.87. The second kappa shape index (κ2) is 6.47. The Bertz CT molecular complexity index is 588. The van der Waals surface area contributed by atoms with Crippen molar-refractivity contribution < 1.29 is 4.74 Å². The molecule has 0 saturated heterocycles. The summed E-state index contributed by atoms with van der Waals surface area (Å²) in [5.74, 6) is 1.06. The van der Waals surface area contributed by atoms with Gasteiger partial charge in [-0.2, -0.15) is 0 Å². The molecule has 0 saturated carbocycles. The molecule has 0 aliphatic carbocycles. The molecule has 0 N–H and O–H groups in total. The second-order valence-electron chi connectivity index (χ2n) is 5.06. The Morgan fingerprint density at radius 3 is 2.40 bits per heavy atom. The number of hydrogen-bond donors (Lipinski definition) is 0. The highest BCUT2D eigenvalue weighted by Gasteiger charge is 2.06. The van der Waals surface area contributed by atoms with Crippen LogP contribution in [0.3, 0.4) is 0 Å². The summed E-state index contributed by atoms with van der Waals surface area (Å²) in [6.07, 6.45) is 1.76. The molecule has 1 aromatic carbocycles. The zero-order valence-electron chi connectivity index (χ0n) is 11.8. The van der Waals surface area contributed by atoms with Gasteiger partial charge in [-0.3, -0.25) is 0 Å². The molecular formula is C16H17Cl2NO. The van der Waals surface area contributed by atoms with E-state index in [1.807, 2.05) is 31.2 Å². The highest BCUT2D eigenvalue weighted by atomic mass is 35.5. The van der Waals surface area contributed by atoms with Gasteiger partial charge >= 0.3 is 0 Å². The van der Waals surface area contributed by atoms with Crippen molar-refractivity contribution in [2.24, 2.45) is 0 Å². The van der Waals surface area contributed by atoms with E-state index in [1.54, 1.807) is 6.20 Å². The molecule has 2 rings (SSSR count). The minimum Gasteiger partial charge on any atom is -0.473 e. The molecule has 2 aromatic rings. The normalized spacial score (nSPS) is 10.9. The van der Waals surface area contributed by atoms with Crippen molar-refractivity contribution in [2.45, 2.75) is 33.3 Å². The van der Waals surface area contributed by atoms with Gasteiger partial charge in [-0.1, -0.05) is 37.0 Å². The molecule has 1 aromatic heterocycles. The largest absolute Gasteiger partial charge is 0.473 e. The van der Waals surface area contributed by atoms with E-state index in [2.05, 4.69) is 18.8 Å².